The molecule has 0 spiro atoms. The van der Waals surface area contributed by atoms with Gasteiger partial charge in [-0.15, -0.1) is 6.58 Å². The number of hydrogen-bond donors (Lipinski definition) is 1. The summed E-state index contributed by atoms with van der Waals surface area (Å²) in [6, 6.07) is 10.8. The minimum absolute atomic E-state index is 0.407. The molecule has 0 radical (unpaired) electrons. The van der Waals surface area contributed by atoms with Crippen molar-refractivity contribution in [2.75, 3.05) is 6.54 Å². The van der Waals surface area contributed by atoms with Crippen molar-refractivity contribution in [3.05, 3.63) is 48.6 Å². The molecule has 0 aromatic heterocycles. The Morgan fingerprint density at radius 3 is 2.67 bits per heavy atom. The van der Waals surface area contributed by atoms with Gasteiger partial charge in [0.25, 0.3) is 0 Å². The van der Waals surface area contributed by atoms with Crippen LogP contribution in [0.25, 0.3) is 0 Å². The Kier molecular flexibility index (Phi) is 3.55. The van der Waals surface area contributed by atoms with E-state index < -0.39 is 0 Å². The summed E-state index contributed by atoms with van der Waals surface area (Å²) in [5.74, 6) is 0. The maximum Gasteiger partial charge on any atom is 0.0294 e. The van der Waals surface area contributed by atoms with Gasteiger partial charge in [-0.3, -0.25) is 0 Å². The summed E-state index contributed by atoms with van der Waals surface area (Å²) >= 11 is 0. The Hall–Kier alpha value is -1.08. The third-order valence-electron chi connectivity index (χ3n) is 1.87. The first kappa shape index (κ1) is 9.01. The lowest BCUT2D eigenvalue weighted by Crippen LogP contribution is -2.17. The first-order valence-electron chi connectivity index (χ1n) is 4.24. The molecule has 0 fully saturated rings. The maximum atomic E-state index is 3.66. The Morgan fingerprint density at radius 2 is 2.08 bits per heavy atom. The van der Waals surface area contributed by atoms with Gasteiger partial charge in [-0.2, -0.15) is 0 Å². The molecule has 0 bridgehead atoms. The predicted molar refractivity (Wildman–Crippen MR) is 53.1 cm³/mol. The lowest BCUT2D eigenvalue weighted by atomic mass is 10.1. The van der Waals surface area contributed by atoms with Gasteiger partial charge in [0.05, 0.1) is 0 Å². The second-order valence-electron chi connectivity index (χ2n) is 2.83. The Morgan fingerprint density at radius 1 is 1.42 bits per heavy atom. The van der Waals surface area contributed by atoms with Gasteiger partial charge >= 0.3 is 0 Å². The summed E-state index contributed by atoms with van der Waals surface area (Å²) in [7, 11) is 0. The molecule has 1 rings (SSSR count). The number of rotatable bonds is 4. The van der Waals surface area contributed by atoms with Crippen LogP contribution in [0.1, 0.15) is 18.5 Å². The molecule has 1 aromatic carbocycles. The Balaban J connectivity index is 2.53. The van der Waals surface area contributed by atoms with Crippen LogP contribution in [0, 0.1) is 0 Å². The smallest absolute Gasteiger partial charge is 0.0294 e. The summed E-state index contributed by atoms with van der Waals surface area (Å²) in [5, 5.41) is 3.33. The van der Waals surface area contributed by atoms with E-state index in [2.05, 4.69) is 43.1 Å². The van der Waals surface area contributed by atoms with Crippen molar-refractivity contribution < 1.29 is 0 Å². The highest BCUT2D eigenvalue weighted by Gasteiger charge is 2.00. The molecule has 1 unspecified atom stereocenters. The van der Waals surface area contributed by atoms with Crippen molar-refractivity contribution in [2.45, 2.75) is 13.0 Å². The summed E-state index contributed by atoms with van der Waals surface area (Å²) in [5.41, 5.74) is 1.32. The molecule has 0 aliphatic rings. The molecule has 0 saturated heterocycles. The zero-order valence-electron chi connectivity index (χ0n) is 7.46. The van der Waals surface area contributed by atoms with E-state index in [0.717, 1.165) is 6.54 Å². The van der Waals surface area contributed by atoms with Crippen LogP contribution in [0.3, 0.4) is 0 Å². The lowest BCUT2D eigenvalue weighted by molar-refractivity contribution is 0.618. The summed E-state index contributed by atoms with van der Waals surface area (Å²) in [6.07, 6.45) is 1.87. The van der Waals surface area contributed by atoms with Gasteiger partial charge < -0.3 is 5.32 Å². The molecule has 64 valence electrons. The summed E-state index contributed by atoms with van der Waals surface area (Å²) in [6.45, 7) is 6.67. The van der Waals surface area contributed by atoms with E-state index in [1.165, 1.54) is 5.56 Å². The van der Waals surface area contributed by atoms with Crippen molar-refractivity contribution in [3.63, 3.8) is 0 Å². The van der Waals surface area contributed by atoms with Crippen LogP contribution >= 0.6 is 0 Å². The molecule has 0 saturated carbocycles. The van der Waals surface area contributed by atoms with E-state index in [1.807, 2.05) is 12.1 Å². The number of benzene rings is 1. The van der Waals surface area contributed by atoms with Crippen molar-refractivity contribution in [3.8, 4) is 0 Å². The van der Waals surface area contributed by atoms with E-state index in [4.69, 9.17) is 0 Å². The molecule has 0 amide bonds. The van der Waals surface area contributed by atoms with Crippen molar-refractivity contribution in [1.29, 1.82) is 0 Å². The van der Waals surface area contributed by atoms with Crippen LogP contribution in [-0.2, 0) is 0 Å². The topological polar surface area (TPSA) is 12.0 Å². The molecule has 1 N–H and O–H groups in total. The molecule has 1 aromatic rings. The Labute approximate surface area is 74.1 Å². The van der Waals surface area contributed by atoms with Gasteiger partial charge in [0.2, 0.25) is 0 Å². The molecular weight excluding hydrogens is 146 g/mol. The minimum atomic E-state index is 0.407. The molecule has 12 heavy (non-hydrogen) atoms. The van der Waals surface area contributed by atoms with Crippen LogP contribution in [0.15, 0.2) is 43.0 Å². The average Bonchev–Trinajstić information content (AvgIpc) is 2.15. The fourth-order valence-electron chi connectivity index (χ4n) is 1.12. The summed E-state index contributed by atoms with van der Waals surface area (Å²) < 4.78 is 0. The number of nitrogens with one attached hydrogen (secondary N) is 1. The molecule has 1 heteroatoms. The average molecular weight is 161 g/mol. The zero-order valence-corrected chi connectivity index (χ0v) is 7.46. The molecule has 0 aliphatic heterocycles. The lowest BCUT2D eigenvalue weighted by Gasteiger charge is -2.11. The van der Waals surface area contributed by atoms with Gasteiger partial charge in [0.15, 0.2) is 0 Å². The Bertz CT molecular complexity index is 228. The van der Waals surface area contributed by atoms with E-state index >= 15 is 0 Å². The molecular formula is C11H15N. The van der Waals surface area contributed by atoms with E-state index in [1.54, 1.807) is 0 Å². The second kappa shape index (κ2) is 4.73. The van der Waals surface area contributed by atoms with Crippen LogP contribution < -0.4 is 5.32 Å². The SMILES string of the molecule is C=CCNC(C)c1ccccc1. The van der Waals surface area contributed by atoms with Crippen LogP contribution in [0.5, 0.6) is 0 Å². The minimum Gasteiger partial charge on any atom is -0.307 e. The zero-order chi connectivity index (χ0) is 8.81. The maximum absolute atomic E-state index is 3.66. The van der Waals surface area contributed by atoms with Crippen LogP contribution in [0.4, 0.5) is 0 Å². The quantitative estimate of drug-likeness (QED) is 0.669. The monoisotopic (exact) mass is 161 g/mol. The highest BCUT2D eigenvalue weighted by Crippen LogP contribution is 2.10. The van der Waals surface area contributed by atoms with Crippen molar-refractivity contribution >= 4 is 0 Å². The molecule has 0 aliphatic carbocycles. The van der Waals surface area contributed by atoms with E-state index in [9.17, 15) is 0 Å². The van der Waals surface area contributed by atoms with Gasteiger partial charge in [0, 0.05) is 12.6 Å². The molecule has 1 atom stereocenters. The second-order valence-corrected chi connectivity index (χ2v) is 2.83. The predicted octanol–water partition coefficient (Wildman–Crippen LogP) is 2.52. The molecule has 1 nitrogen and oxygen atoms in total. The standard InChI is InChI=1S/C11H15N/c1-3-9-12-10(2)11-7-5-4-6-8-11/h3-8,10,12H,1,9H2,2H3. The fourth-order valence-corrected chi connectivity index (χ4v) is 1.12. The van der Waals surface area contributed by atoms with Crippen LogP contribution in [-0.4, -0.2) is 6.54 Å². The third kappa shape index (κ3) is 2.51. The largest absolute Gasteiger partial charge is 0.307 e. The highest BCUT2D eigenvalue weighted by molar-refractivity contribution is 5.18. The van der Waals surface area contributed by atoms with Gasteiger partial charge in [-0.05, 0) is 12.5 Å². The van der Waals surface area contributed by atoms with Gasteiger partial charge in [-0.1, -0.05) is 36.4 Å². The first-order valence-corrected chi connectivity index (χ1v) is 4.24. The summed E-state index contributed by atoms with van der Waals surface area (Å²) in [4.78, 5) is 0. The molecule has 0 heterocycles. The van der Waals surface area contributed by atoms with Crippen molar-refractivity contribution in [1.82, 2.24) is 5.32 Å². The van der Waals surface area contributed by atoms with E-state index in [0.29, 0.717) is 6.04 Å². The van der Waals surface area contributed by atoms with Crippen molar-refractivity contribution in [2.24, 2.45) is 0 Å². The third-order valence-corrected chi connectivity index (χ3v) is 1.87. The highest BCUT2D eigenvalue weighted by atomic mass is 14.9. The van der Waals surface area contributed by atoms with Gasteiger partial charge in [-0.25, -0.2) is 0 Å². The normalized spacial score (nSPS) is 12.4. The first-order chi connectivity index (χ1) is 5.84. The van der Waals surface area contributed by atoms with Gasteiger partial charge in [0.1, 0.15) is 0 Å². The van der Waals surface area contributed by atoms with E-state index in [-0.39, 0.29) is 0 Å². The van der Waals surface area contributed by atoms with Crippen LogP contribution in [0.2, 0.25) is 0 Å². The fraction of sp³-hybridized carbons (Fsp3) is 0.273. The number of hydrogen-bond acceptors (Lipinski definition) is 1.